The van der Waals surface area contributed by atoms with E-state index in [2.05, 4.69) is 15.1 Å². The smallest absolute Gasteiger partial charge is 0.361 e. The highest BCUT2D eigenvalue weighted by atomic mass is 19.4. The van der Waals surface area contributed by atoms with Gasteiger partial charge in [-0.1, -0.05) is 5.16 Å². The first kappa shape index (κ1) is 18.0. The summed E-state index contributed by atoms with van der Waals surface area (Å²) in [5, 5.41) is 3.93. The number of aromatic nitrogens is 3. The molecular weight excluding hydrogens is 363 g/mol. The summed E-state index contributed by atoms with van der Waals surface area (Å²) in [7, 11) is 0. The molecule has 2 aromatic rings. The summed E-state index contributed by atoms with van der Waals surface area (Å²) >= 11 is 0. The summed E-state index contributed by atoms with van der Waals surface area (Å²) in [6.07, 6.45) is -2.48. The van der Waals surface area contributed by atoms with Crippen LogP contribution in [0.5, 0.6) is 0 Å². The van der Waals surface area contributed by atoms with E-state index >= 15 is 0 Å². The van der Waals surface area contributed by atoms with E-state index in [-0.39, 0.29) is 30.4 Å². The second-order valence-electron chi connectivity index (χ2n) is 7.16. The predicted molar refractivity (Wildman–Crippen MR) is 87.3 cm³/mol. The van der Waals surface area contributed by atoms with Gasteiger partial charge in [0.25, 0.3) is 0 Å². The maximum Gasteiger partial charge on any atom is 0.432 e. The lowest BCUT2D eigenvalue weighted by molar-refractivity contribution is -0.141. The van der Waals surface area contributed by atoms with Crippen LogP contribution in [0, 0.1) is 13.8 Å². The van der Waals surface area contributed by atoms with Crippen molar-refractivity contribution in [1.29, 1.82) is 0 Å². The van der Waals surface area contributed by atoms with Crippen LogP contribution >= 0.6 is 0 Å². The number of aryl methyl sites for hydroxylation is 2. The third kappa shape index (κ3) is 3.22. The number of hydrogen-bond donors (Lipinski definition) is 1. The number of fused-ring (bicyclic) bond motifs is 1. The van der Waals surface area contributed by atoms with Crippen LogP contribution < -0.4 is 0 Å². The van der Waals surface area contributed by atoms with Crippen LogP contribution in [0.4, 0.5) is 13.2 Å². The zero-order valence-electron chi connectivity index (χ0n) is 15.0. The first-order valence-electron chi connectivity index (χ1n) is 8.80. The van der Waals surface area contributed by atoms with Gasteiger partial charge in [-0.05, 0) is 20.3 Å². The van der Waals surface area contributed by atoms with Gasteiger partial charge in [0.1, 0.15) is 17.3 Å². The van der Waals surface area contributed by atoms with Crippen LogP contribution in [0.25, 0.3) is 0 Å². The molecule has 2 atom stereocenters. The molecule has 0 aromatic carbocycles. The van der Waals surface area contributed by atoms with E-state index in [4.69, 9.17) is 4.52 Å². The van der Waals surface area contributed by atoms with Crippen molar-refractivity contribution in [2.75, 3.05) is 6.54 Å². The van der Waals surface area contributed by atoms with Gasteiger partial charge < -0.3 is 14.4 Å². The SMILES string of the molecule is Cc1noc(C)c1CN1C(=O)C[C@H]2[C@@H]1CCN2Cc1ncc(C(F)(F)F)[nH]1. The fraction of sp³-hybridized carbons (Fsp3) is 0.588. The van der Waals surface area contributed by atoms with E-state index in [9.17, 15) is 18.0 Å². The molecule has 0 radical (unpaired) electrons. The van der Waals surface area contributed by atoms with Gasteiger partial charge in [-0.25, -0.2) is 4.98 Å². The van der Waals surface area contributed by atoms with Crippen LogP contribution in [0.15, 0.2) is 10.7 Å². The van der Waals surface area contributed by atoms with Gasteiger partial charge in [-0.2, -0.15) is 13.2 Å². The zero-order valence-corrected chi connectivity index (χ0v) is 15.0. The van der Waals surface area contributed by atoms with Gasteiger partial charge in [0.15, 0.2) is 0 Å². The lowest BCUT2D eigenvalue weighted by Crippen LogP contribution is -2.37. The molecule has 2 aliphatic rings. The molecule has 2 fully saturated rings. The van der Waals surface area contributed by atoms with Crippen molar-refractivity contribution >= 4 is 5.91 Å². The average molecular weight is 383 g/mol. The molecule has 0 aliphatic carbocycles. The van der Waals surface area contributed by atoms with Crippen LogP contribution in [0.2, 0.25) is 0 Å². The topological polar surface area (TPSA) is 78.3 Å². The number of amides is 1. The minimum absolute atomic E-state index is 0.0163. The lowest BCUT2D eigenvalue weighted by atomic mass is 10.1. The number of alkyl halides is 3. The maximum absolute atomic E-state index is 12.7. The first-order chi connectivity index (χ1) is 12.7. The van der Waals surface area contributed by atoms with Gasteiger partial charge in [0.2, 0.25) is 5.91 Å². The third-order valence-corrected chi connectivity index (χ3v) is 5.53. The first-order valence-corrected chi connectivity index (χ1v) is 8.80. The van der Waals surface area contributed by atoms with Gasteiger partial charge >= 0.3 is 6.18 Å². The van der Waals surface area contributed by atoms with Gasteiger partial charge in [-0.3, -0.25) is 9.69 Å². The number of halogens is 3. The number of carbonyl (C=O) groups is 1. The van der Waals surface area contributed by atoms with Crippen molar-refractivity contribution in [3.05, 3.63) is 34.7 Å². The van der Waals surface area contributed by atoms with Gasteiger partial charge in [0, 0.05) is 30.6 Å². The van der Waals surface area contributed by atoms with Gasteiger partial charge in [-0.15, -0.1) is 0 Å². The second-order valence-corrected chi connectivity index (χ2v) is 7.16. The minimum atomic E-state index is -4.44. The molecule has 0 saturated carbocycles. The molecule has 27 heavy (non-hydrogen) atoms. The highest BCUT2D eigenvalue weighted by Gasteiger charge is 2.47. The zero-order chi connectivity index (χ0) is 19.3. The van der Waals surface area contributed by atoms with Crippen LogP contribution in [-0.2, 0) is 24.1 Å². The van der Waals surface area contributed by atoms with Crippen molar-refractivity contribution < 1.29 is 22.5 Å². The largest absolute Gasteiger partial charge is 0.432 e. The van der Waals surface area contributed by atoms with Crippen molar-refractivity contribution in [2.24, 2.45) is 0 Å². The summed E-state index contributed by atoms with van der Waals surface area (Å²) in [6.45, 7) is 5.10. The summed E-state index contributed by atoms with van der Waals surface area (Å²) in [5.74, 6) is 1.01. The van der Waals surface area contributed by atoms with Crippen LogP contribution in [0.1, 0.15) is 41.4 Å². The van der Waals surface area contributed by atoms with Crippen molar-refractivity contribution in [1.82, 2.24) is 24.9 Å². The van der Waals surface area contributed by atoms with Crippen LogP contribution in [0.3, 0.4) is 0 Å². The Hall–Kier alpha value is -2.36. The third-order valence-electron chi connectivity index (χ3n) is 5.53. The Morgan fingerprint density at radius 1 is 1.30 bits per heavy atom. The number of aromatic amines is 1. The molecule has 2 aliphatic heterocycles. The standard InChI is InChI=1S/C17H20F3N5O2/c1-9-11(10(2)27-23-9)7-25-12-3-4-24(13(12)5-16(25)26)8-15-21-6-14(22-15)17(18,19)20/h6,12-13H,3-5,7-8H2,1-2H3,(H,21,22)/t12-,13-/m0/s1. The fourth-order valence-corrected chi connectivity index (χ4v) is 4.09. The molecule has 2 aromatic heterocycles. The number of carbonyl (C=O) groups excluding carboxylic acids is 1. The summed E-state index contributed by atoms with van der Waals surface area (Å²) < 4.78 is 43.4. The van der Waals surface area contributed by atoms with E-state index in [0.29, 0.717) is 25.3 Å². The van der Waals surface area contributed by atoms with Crippen molar-refractivity contribution in [2.45, 2.75) is 58.0 Å². The van der Waals surface area contributed by atoms with E-state index in [1.54, 1.807) is 0 Å². The quantitative estimate of drug-likeness (QED) is 0.877. The lowest BCUT2D eigenvalue weighted by Gasteiger charge is -2.25. The average Bonchev–Trinajstić information content (AvgIpc) is 3.32. The molecule has 146 valence electrons. The Kier molecular flexibility index (Phi) is 4.25. The highest BCUT2D eigenvalue weighted by Crippen LogP contribution is 2.35. The summed E-state index contributed by atoms with van der Waals surface area (Å²) in [4.78, 5) is 22.6. The maximum atomic E-state index is 12.7. The number of rotatable bonds is 4. The Balaban J connectivity index is 1.46. The molecule has 1 amide bonds. The van der Waals surface area contributed by atoms with E-state index < -0.39 is 11.9 Å². The Bertz CT molecular complexity index is 840. The Morgan fingerprint density at radius 2 is 2.07 bits per heavy atom. The van der Waals surface area contributed by atoms with Gasteiger partial charge in [0.05, 0.1) is 25.0 Å². The number of H-pyrrole nitrogens is 1. The molecular formula is C17H20F3N5O2. The van der Waals surface area contributed by atoms with Crippen LogP contribution in [-0.4, -0.2) is 49.5 Å². The van der Waals surface area contributed by atoms with Crippen molar-refractivity contribution in [3.8, 4) is 0 Å². The molecule has 4 rings (SSSR count). The highest BCUT2D eigenvalue weighted by molar-refractivity contribution is 5.80. The second kappa shape index (κ2) is 6.36. The fourth-order valence-electron chi connectivity index (χ4n) is 4.09. The molecule has 2 saturated heterocycles. The minimum Gasteiger partial charge on any atom is -0.361 e. The van der Waals surface area contributed by atoms with E-state index in [1.165, 1.54) is 0 Å². The molecule has 10 heteroatoms. The number of nitrogens with zero attached hydrogens (tertiary/aromatic N) is 4. The summed E-state index contributed by atoms with van der Waals surface area (Å²) in [6, 6.07) is 0.0284. The molecule has 4 heterocycles. The monoisotopic (exact) mass is 383 g/mol. The number of nitrogens with one attached hydrogen (secondary N) is 1. The molecule has 0 spiro atoms. The number of imidazole rings is 1. The molecule has 7 nitrogen and oxygen atoms in total. The normalized spacial score (nSPS) is 23.4. The summed E-state index contributed by atoms with van der Waals surface area (Å²) in [5.41, 5.74) is 0.841. The number of likely N-dealkylation sites (tertiary alicyclic amines) is 2. The number of hydrogen-bond acceptors (Lipinski definition) is 5. The predicted octanol–water partition coefficient (Wildman–Crippen LogP) is 2.41. The van der Waals surface area contributed by atoms with E-state index in [0.717, 1.165) is 23.9 Å². The molecule has 1 N–H and O–H groups in total. The Labute approximate surface area is 153 Å². The molecule has 0 bridgehead atoms. The van der Waals surface area contributed by atoms with E-state index in [1.807, 2.05) is 23.6 Å². The van der Waals surface area contributed by atoms with Crippen molar-refractivity contribution in [3.63, 3.8) is 0 Å². The molecule has 0 unspecified atom stereocenters. The Morgan fingerprint density at radius 3 is 2.70 bits per heavy atom.